The van der Waals surface area contributed by atoms with Gasteiger partial charge < -0.3 is 9.88 Å². The third-order valence-electron chi connectivity index (χ3n) is 5.38. The molecule has 1 aromatic heterocycles. The maximum absolute atomic E-state index is 11.9. The van der Waals surface area contributed by atoms with E-state index in [1.54, 1.807) is 0 Å². The Hall–Kier alpha value is -1.08. The maximum atomic E-state index is 11.9. The van der Waals surface area contributed by atoms with E-state index < -0.39 is 0 Å². The molecule has 6 nitrogen and oxygen atoms in total. The van der Waals surface area contributed by atoms with Crippen LogP contribution in [0, 0.1) is 5.92 Å². The van der Waals surface area contributed by atoms with Gasteiger partial charge in [0.2, 0.25) is 5.91 Å². The lowest BCUT2D eigenvalue weighted by Gasteiger charge is -2.33. The highest BCUT2D eigenvalue weighted by Crippen LogP contribution is 2.25. The highest BCUT2D eigenvalue weighted by molar-refractivity contribution is 7.99. The molecule has 0 saturated carbocycles. The molecule has 1 fully saturated rings. The van der Waals surface area contributed by atoms with Crippen LogP contribution in [0.5, 0.6) is 0 Å². The van der Waals surface area contributed by atoms with Crippen molar-refractivity contribution in [2.45, 2.75) is 65.1 Å². The molecule has 0 spiro atoms. The molecule has 1 unspecified atom stereocenters. The number of amides is 1. The molecule has 0 bridgehead atoms. The normalized spacial score (nSPS) is 21.0. The predicted molar refractivity (Wildman–Crippen MR) is 102 cm³/mol. The number of thioether (sulfide) groups is 1. The molecule has 0 aromatic carbocycles. The summed E-state index contributed by atoms with van der Waals surface area (Å²) in [6.07, 6.45) is 4.05. The molecule has 25 heavy (non-hydrogen) atoms. The SMILES string of the molecule is CCC(=O)NC(c1nnc2n1CCN(C1CCSCC1)CC2)C(C)C. The van der Waals surface area contributed by atoms with Crippen molar-refractivity contribution in [3.05, 3.63) is 11.6 Å². The fourth-order valence-corrected chi connectivity index (χ4v) is 4.89. The van der Waals surface area contributed by atoms with Crippen molar-refractivity contribution >= 4 is 17.7 Å². The zero-order valence-corrected chi connectivity index (χ0v) is 16.5. The number of carbonyl (C=O) groups excluding carboxylic acids is 1. The van der Waals surface area contributed by atoms with E-state index in [0.717, 1.165) is 43.7 Å². The van der Waals surface area contributed by atoms with Crippen LogP contribution in [0.15, 0.2) is 0 Å². The number of hydrogen-bond donors (Lipinski definition) is 1. The average molecular weight is 366 g/mol. The monoisotopic (exact) mass is 365 g/mol. The topological polar surface area (TPSA) is 63.1 Å². The van der Waals surface area contributed by atoms with Crippen LogP contribution in [0.1, 0.15) is 57.7 Å². The van der Waals surface area contributed by atoms with Gasteiger partial charge in [0, 0.05) is 38.5 Å². The van der Waals surface area contributed by atoms with Crippen molar-refractivity contribution in [3.8, 4) is 0 Å². The zero-order chi connectivity index (χ0) is 17.8. The van der Waals surface area contributed by atoms with Crippen LogP contribution in [-0.2, 0) is 17.8 Å². The lowest BCUT2D eigenvalue weighted by atomic mass is 10.0. The highest BCUT2D eigenvalue weighted by atomic mass is 32.2. The van der Waals surface area contributed by atoms with E-state index in [1.165, 1.54) is 24.3 Å². The molecule has 140 valence electrons. The highest BCUT2D eigenvalue weighted by Gasteiger charge is 2.29. The van der Waals surface area contributed by atoms with Gasteiger partial charge in [-0.2, -0.15) is 11.8 Å². The minimum atomic E-state index is -0.0636. The van der Waals surface area contributed by atoms with Crippen molar-refractivity contribution in [2.24, 2.45) is 5.92 Å². The Labute approximate surface area is 155 Å². The second kappa shape index (κ2) is 8.54. The van der Waals surface area contributed by atoms with E-state index in [0.29, 0.717) is 12.3 Å². The van der Waals surface area contributed by atoms with E-state index in [4.69, 9.17) is 0 Å². The number of aromatic nitrogens is 3. The largest absolute Gasteiger partial charge is 0.346 e. The Bertz CT molecular complexity index is 582. The summed E-state index contributed by atoms with van der Waals surface area (Å²) < 4.78 is 2.26. The minimum absolute atomic E-state index is 0.0636. The van der Waals surface area contributed by atoms with Gasteiger partial charge >= 0.3 is 0 Å². The van der Waals surface area contributed by atoms with E-state index in [2.05, 4.69) is 50.6 Å². The lowest BCUT2D eigenvalue weighted by Crippen LogP contribution is -2.40. The van der Waals surface area contributed by atoms with Crippen LogP contribution in [0.2, 0.25) is 0 Å². The summed E-state index contributed by atoms with van der Waals surface area (Å²) in [5, 5.41) is 12.1. The van der Waals surface area contributed by atoms with Crippen LogP contribution in [0.4, 0.5) is 0 Å². The van der Waals surface area contributed by atoms with Crippen molar-refractivity contribution in [3.63, 3.8) is 0 Å². The number of fused-ring (bicyclic) bond motifs is 1. The minimum Gasteiger partial charge on any atom is -0.346 e. The first-order chi connectivity index (χ1) is 12.1. The number of nitrogens with one attached hydrogen (secondary N) is 1. The zero-order valence-electron chi connectivity index (χ0n) is 15.7. The molecule has 0 radical (unpaired) electrons. The van der Waals surface area contributed by atoms with Gasteiger partial charge in [0.25, 0.3) is 0 Å². The van der Waals surface area contributed by atoms with Crippen molar-refractivity contribution in [2.75, 3.05) is 24.6 Å². The van der Waals surface area contributed by atoms with Crippen LogP contribution in [0.25, 0.3) is 0 Å². The van der Waals surface area contributed by atoms with Gasteiger partial charge in [-0.25, -0.2) is 0 Å². The summed E-state index contributed by atoms with van der Waals surface area (Å²) in [5.41, 5.74) is 0. The molecule has 1 saturated heterocycles. The number of hydrogen-bond acceptors (Lipinski definition) is 5. The molecule has 0 aliphatic carbocycles. The first-order valence-corrected chi connectivity index (χ1v) is 10.8. The van der Waals surface area contributed by atoms with E-state index >= 15 is 0 Å². The molecule has 1 amide bonds. The summed E-state index contributed by atoms with van der Waals surface area (Å²) in [6.45, 7) is 9.20. The summed E-state index contributed by atoms with van der Waals surface area (Å²) in [7, 11) is 0. The molecule has 1 N–H and O–H groups in total. The van der Waals surface area contributed by atoms with Gasteiger partial charge in [-0.05, 0) is 30.3 Å². The fourth-order valence-electron chi connectivity index (χ4n) is 3.81. The standard InChI is InChI=1S/C18H31N5OS/c1-4-16(24)19-17(13(2)3)18-21-20-15-5-8-22(9-10-23(15)18)14-6-11-25-12-7-14/h13-14,17H,4-12H2,1-3H3,(H,19,24). The summed E-state index contributed by atoms with van der Waals surface area (Å²) in [6, 6.07) is 0.661. The molecule has 7 heteroatoms. The van der Waals surface area contributed by atoms with Gasteiger partial charge in [-0.1, -0.05) is 20.8 Å². The Kier molecular flexibility index (Phi) is 6.39. The smallest absolute Gasteiger partial charge is 0.220 e. The third-order valence-corrected chi connectivity index (χ3v) is 6.43. The van der Waals surface area contributed by atoms with Crippen molar-refractivity contribution in [1.82, 2.24) is 25.0 Å². The number of carbonyl (C=O) groups is 1. The third kappa shape index (κ3) is 4.37. The number of nitrogens with zero attached hydrogens (tertiary/aromatic N) is 4. The second-order valence-electron chi connectivity index (χ2n) is 7.40. The first kappa shape index (κ1) is 18.7. The van der Waals surface area contributed by atoms with Crippen molar-refractivity contribution < 1.29 is 4.79 Å². The van der Waals surface area contributed by atoms with Crippen LogP contribution < -0.4 is 5.32 Å². The molecule has 2 aliphatic rings. The molecule has 3 heterocycles. The first-order valence-electron chi connectivity index (χ1n) is 9.63. The quantitative estimate of drug-likeness (QED) is 0.867. The summed E-state index contributed by atoms with van der Waals surface area (Å²) >= 11 is 2.08. The van der Waals surface area contributed by atoms with Gasteiger partial charge in [-0.3, -0.25) is 9.69 Å². The molecule has 2 aliphatic heterocycles. The van der Waals surface area contributed by atoms with E-state index in [-0.39, 0.29) is 11.9 Å². The summed E-state index contributed by atoms with van der Waals surface area (Å²) in [5.74, 6) is 4.94. The Morgan fingerprint density at radius 1 is 1.24 bits per heavy atom. The van der Waals surface area contributed by atoms with Crippen LogP contribution >= 0.6 is 11.8 Å². The van der Waals surface area contributed by atoms with E-state index in [1.807, 2.05) is 6.92 Å². The van der Waals surface area contributed by atoms with Gasteiger partial charge in [0.15, 0.2) is 5.82 Å². The van der Waals surface area contributed by atoms with E-state index in [9.17, 15) is 4.79 Å². The Balaban J connectivity index is 1.74. The Morgan fingerprint density at radius 3 is 2.68 bits per heavy atom. The summed E-state index contributed by atoms with van der Waals surface area (Å²) in [4.78, 5) is 14.6. The Morgan fingerprint density at radius 2 is 2.00 bits per heavy atom. The molecular weight excluding hydrogens is 334 g/mol. The second-order valence-corrected chi connectivity index (χ2v) is 8.62. The lowest BCUT2D eigenvalue weighted by molar-refractivity contribution is -0.121. The predicted octanol–water partition coefficient (Wildman–Crippen LogP) is 2.26. The van der Waals surface area contributed by atoms with Gasteiger partial charge in [0.05, 0.1) is 6.04 Å². The molecular formula is C18H31N5OS. The molecule has 1 atom stereocenters. The van der Waals surface area contributed by atoms with Crippen molar-refractivity contribution in [1.29, 1.82) is 0 Å². The van der Waals surface area contributed by atoms with Gasteiger partial charge in [-0.15, -0.1) is 10.2 Å². The van der Waals surface area contributed by atoms with Gasteiger partial charge in [0.1, 0.15) is 5.82 Å². The van der Waals surface area contributed by atoms with Crippen LogP contribution in [-0.4, -0.2) is 56.2 Å². The number of rotatable bonds is 5. The maximum Gasteiger partial charge on any atom is 0.220 e. The molecule has 1 aromatic rings. The fraction of sp³-hybridized carbons (Fsp3) is 0.833. The van der Waals surface area contributed by atoms with Crippen LogP contribution in [0.3, 0.4) is 0 Å². The molecule has 3 rings (SSSR count). The average Bonchev–Trinajstić information content (AvgIpc) is 2.90.